The van der Waals surface area contributed by atoms with Crippen molar-refractivity contribution in [3.8, 4) is 0 Å². The zero-order valence-electron chi connectivity index (χ0n) is 10.4. The fraction of sp³-hybridized carbons (Fsp3) is 0.0833. The van der Waals surface area contributed by atoms with Gasteiger partial charge in [-0.1, -0.05) is 50.5 Å². The van der Waals surface area contributed by atoms with Gasteiger partial charge < -0.3 is 10.4 Å². The van der Waals surface area contributed by atoms with Gasteiger partial charge in [-0.3, -0.25) is 4.79 Å². The number of Topliss-reactive ketones (excluding diaryl/α,β-unsaturated/α-hetero) is 1. The second-order valence-corrected chi connectivity index (χ2v) is 6.66. The van der Waals surface area contributed by atoms with E-state index in [2.05, 4.69) is 26.2 Å². The minimum Gasteiger partial charge on any atom is -0.476 e. The van der Waals surface area contributed by atoms with Crippen LogP contribution in [-0.2, 0) is 0 Å². The van der Waals surface area contributed by atoms with Gasteiger partial charge in [-0.2, -0.15) is 0 Å². The average molecular weight is 410 g/mol. The second-order valence-electron chi connectivity index (χ2n) is 3.93. The van der Waals surface area contributed by atoms with Crippen molar-refractivity contribution in [2.24, 2.45) is 0 Å². The number of halogens is 3. The lowest BCUT2D eigenvalue weighted by atomic mass is 10.3. The molecule has 9 heteroatoms. The van der Waals surface area contributed by atoms with Gasteiger partial charge in [-0.15, -0.1) is 0 Å². The van der Waals surface area contributed by atoms with E-state index in [1.165, 1.54) is 6.92 Å². The molecular weight excluding hydrogens is 403 g/mol. The number of carbonyl (C=O) groups is 2. The van der Waals surface area contributed by atoms with E-state index < -0.39 is 5.97 Å². The number of aromatic carboxylic acids is 1. The van der Waals surface area contributed by atoms with E-state index in [1.807, 2.05) is 0 Å². The molecule has 0 saturated heterocycles. The number of hydrogen-bond donors (Lipinski definition) is 2. The summed E-state index contributed by atoms with van der Waals surface area (Å²) < 4.78 is 0.706. The van der Waals surface area contributed by atoms with Crippen LogP contribution in [0.5, 0.6) is 0 Å². The first-order valence-corrected chi connectivity index (χ1v) is 7.82. The molecule has 0 unspecified atom stereocenters. The number of benzene rings is 1. The first-order chi connectivity index (χ1) is 9.79. The van der Waals surface area contributed by atoms with Gasteiger partial charge in [0.2, 0.25) is 0 Å². The van der Waals surface area contributed by atoms with Gasteiger partial charge in [-0.25, -0.2) is 9.78 Å². The number of carboxylic acid groups (broad SMARTS) is 1. The Morgan fingerprint density at radius 2 is 1.90 bits per heavy atom. The summed E-state index contributed by atoms with van der Waals surface area (Å²) in [6, 6.07) is 3.26. The molecule has 1 heterocycles. The van der Waals surface area contributed by atoms with Crippen molar-refractivity contribution < 1.29 is 14.7 Å². The van der Waals surface area contributed by atoms with Crippen molar-refractivity contribution in [2.45, 2.75) is 6.92 Å². The fourth-order valence-corrected chi connectivity index (χ4v) is 3.69. The molecule has 110 valence electrons. The lowest BCUT2D eigenvalue weighted by Crippen LogP contribution is -2.03. The number of carboxylic acids is 1. The topological polar surface area (TPSA) is 79.3 Å². The first-order valence-electron chi connectivity index (χ1n) is 5.46. The van der Waals surface area contributed by atoms with Crippen LogP contribution in [0.2, 0.25) is 10.0 Å². The number of carbonyl (C=O) groups excluding carboxylic acids is 1. The molecule has 0 radical (unpaired) electrons. The Kier molecular flexibility index (Phi) is 4.88. The Morgan fingerprint density at radius 3 is 2.33 bits per heavy atom. The summed E-state index contributed by atoms with van der Waals surface area (Å²) in [6.07, 6.45) is 0. The molecule has 21 heavy (non-hydrogen) atoms. The maximum atomic E-state index is 11.4. The van der Waals surface area contributed by atoms with Crippen LogP contribution < -0.4 is 5.32 Å². The summed E-state index contributed by atoms with van der Waals surface area (Å²) >= 11 is 16.3. The standard InChI is InChI=1S/C12H7BrCl2N2O3S/c1-4(18)10-9(11(19)20)17-12(21-10)16-8-6(14)2-5(13)3-7(8)15/h2-3H,1H3,(H,16,17)(H,19,20). The van der Waals surface area contributed by atoms with Crippen molar-refractivity contribution in [2.75, 3.05) is 5.32 Å². The number of anilines is 2. The van der Waals surface area contributed by atoms with Gasteiger partial charge in [-0.05, 0) is 12.1 Å². The Labute approximate surface area is 142 Å². The van der Waals surface area contributed by atoms with Gasteiger partial charge in [0.1, 0.15) is 4.88 Å². The molecule has 1 aromatic carbocycles. The lowest BCUT2D eigenvalue weighted by molar-refractivity contribution is 0.0687. The van der Waals surface area contributed by atoms with Crippen LogP contribution in [-0.4, -0.2) is 21.8 Å². The SMILES string of the molecule is CC(=O)c1sc(Nc2c(Cl)cc(Br)cc2Cl)nc1C(=O)O. The summed E-state index contributed by atoms with van der Waals surface area (Å²) in [5.41, 5.74) is 0.0988. The number of thiazole rings is 1. The fourth-order valence-electron chi connectivity index (χ4n) is 1.53. The van der Waals surface area contributed by atoms with Crippen LogP contribution in [0, 0.1) is 0 Å². The molecule has 2 aromatic rings. The van der Waals surface area contributed by atoms with E-state index in [9.17, 15) is 9.59 Å². The molecule has 0 spiro atoms. The molecule has 2 rings (SSSR count). The third-order valence-corrected chi connectivity index (χ3v) is 4.51. The number of aromatic nitrogens is 1. The maximum absolute atomic E-state index is 11.4. The van der Waals surface area contributed by atoms with Crippen LogP contribution in [0.4, 0.5) is 10.8 Å². The molecule has 0 aliphatic heterocycles. The Morgan fingerprint density at radius 1 is 1.33 bits per heavy atom. The molecule has 0 bridgehead atoms. The third kappa shape index (κ3) is 3.55. The van der Waals surface area contributed by atoms with Crippen molar-refractivity contribution in [3.63, 3.8) is 0 Å². The Hall–Kier alpha value is -1.15. The number of nitrogens with one attached hydrogen (secondary N) is 1. The zero-order valence-corrected chi connectivity index (χ0v) is 14.3. The van der Waals surface area contributed by atoms with Crippen molar-refractivity contribution in [1.82, 2.24) is 4.98 Å². The third-order valence-electron chi connectivity index (χ3n) is 2.39. The van der Waals surface area contributed by atoms with Crippen LogP contribution in [0.15, 0.2) is 16.6 Å². The summed E-state index contributed by atoms with van der Waals surface area (Å²) in [6.45, 7) is 1.28. The van der Waals surface area contributed by atoms with Crippen LogP contribution in [0.3, 0.4) is 0 Å². The molecule has 0 aliphatic rings. The highest BCUT2D eigenvalue weighted by Gasteiger charge is 2.21. The second kappa shape index (κ2) is 6.31. The molecule has 0 saturated carbocycles. The summed E-state index contributed by atoms with van der Waals surface area (Å²) in [7, 11) is 0. The van der Waals surface area contributed by atoms with Gasteiger partial charge in [0.05, 0.1) is 15.7 Å². The van der Waals surface area contributed by atoms with Crippen LogP contribution in [0.1, 0.15) is 27.1 Å². The van der Waals surface area contributed by atoms with Gasteiger partial charge >= 0.3 is 5.97 Å². The summed E-state index contributed by atoms with van der Waals surface area (Å²) in [5, 5.41) is 12.8. The molecule has 0 aliphatic carbocycles. The molecule has 0 atom stereocenters. The van der Waals surface area contributed by atoms with E-state index in [4.69, 9.17) is 28.3 Å². The minimum atomic E-state index is -1.27. The van der Waals surface area contributed by atoms with Gasteiger partial charge in [0.25, 0.3) is 0 Å². The summed E-state index contributed by atoms with van der Waals surface area (Å²) in [5.74, 6) is -1.64. The predicted molar refractivity (Wildman–Crippen MR) is 86.5 cm³/mol. The molecule has 1 aromatic heterocycles. The molecular formula is C12H7BrCl2N2O3S. The Balaban J connectivity index is 2.43. The van der Waals surface area contributed by atoms with E-state index >= 15 is 0 Å². The van der Waals surface area contributed by atoms with Crippen molar-refractivity contribution >= 4 is 73.0 Å². The number of ketones is 1. The quantitative estimate of drug-likeness (QED) is 0.705. The van der Waals surface area contributed by atoms with Crippen molar-refractivity contribution in [1.29, 1.82) is 0 Å². The van der Waals surface area contributed by atoms with E-state index in [0.29, 0.717) is 20.2 Å². The van der Waals surface area contributed by atoms with E-state index in [1.54, 1.807) is 12.1 Å². The highest BCUT2D eigenvalue weighted by molar-refractivity contribution is 9.10. The van der Waals surface area contributed by atoms with E-state index in [-0.39, 0.29) is 21.5 Å². The van der Waals surface area contributed by atoms with E-state index in [0.717, 1.165) is 11.3 Å². The Bertz CT molecular complexity index is 694. The number of hydrogen-bond acceptors (Lipinski definition) is 5. The molecule has 0 fully saturated rings. The molecule has 5 nitrogen and oxygen atoms in total. The number of rotatable bonds is 4. The lowest BCUT2D eigenvalue weighted by Gasteiger charge is -2.08. The monoisotopic (exact) mass is 408 g/mol. The van der Waals surface area contributed by atoms with Crippen molar-refractivity contribution in [3.05, 3.63) is 37.2 Å². The molecule has 0 amide bonds. The zero-order chi connectivity index (χ0) is 15.7. The van der Waals surface area contributed by atoms with Crippen LogP contribution >= 0.6 is 50.5 Å². The van der Waals surface area contributed by atoms with Gasteiger partial charge in [0.15, 0.2) is 16.6 Å². The average Bonchev–Trinajstić information content (AvgIpc) is 2.78. The summed E-state index contributed by atoms with van der Waals surface area (Å²) in [4.78, 5) is 26.5. The largest absolute Gasteiger partial charge is 0.476 e. The molecule has 2 N–H and O–H groups in total. The minimum absolute atomic E-state index is 0.0642. The first kappa shape index (κ1) is 16.2. The highest BCUT2D eigenvalue weighted by atomic mass is 79.9. The smallest absolute Gasteiger partial charge is 0.356 e. The van der Waals surface area contributed by atoms with Gasteiger partial charge in [0, 0.05) is 11.4 Å². The maximum Gasteiger partial charge on any atom is 0.356 e. The normalized spacial score (nSPS) is 10.5. The highest BCUT2D eigenvalue weighted by Crippen LogP contribution is 2.37. The predicted octanol–water partition coefficient (Wildman–Crippen LogP) is 4.86. The number of nitrogens with zero attached hydrogens (tertiary/aromatic N) is 1. The van der Waals surface area contributed by atoms with Crippen LogP contribution in [0.25, 0.3) is 0 Å².